The minimum atomic E-state index is 0.0263. The molecule has 19 heavy (non-hydrogen) atoms. The number of hydrogen-bond donors (Lipinski definition) is 2. The van der Waals surface area contributed by atoms with Crippen LogP contribution < -0.4 is 5.32 Å². The molecule has 2 heterocycles. The maximum Gasteiger partial charge on any atom is 0.225 e. The highest BCUT2D eigenvalue weighted by Crippen LogP contribution is 2.15. The van der Waals surface area contributed by atoms with Gasteiger partial charge in [0.25, 0.3) is 0 Å². The van der Waals surface area contributed by atoms with Crippen LogP contribution in [0.3, 0.4) is 0 Å². The Morgan fingerprint density at radius 3 is 3.00 bits per heavy atom. The molecule has 0 aliphatic carbocycles. The van der Waals surface area contributed by atoms with E-state index >= 15 is 0 Å². The Hall–Kier alpha value is -1.62. The van der Waals surface area contributed by atoms with Crippen LogP contribution in [0.15, 0.2) is 23.6 Å². The standard InChI is InChI=1S/C14H19N3OS/c1-10(2)12-9-13(17-16-12)15-14(18)7-3-5-11-6-4-8-19-11/h4,6,8-10H,3,5,7H2,1-2H3,(H2,15,16,17,18). The van der Waals surface area contributed by atoms with E-state index < -0.39 is 0 Å². The summed E-state index contributed by atoms with van der Waals surface area (Å²) in [5, 5.41) is 11.9. The van der Waals surface area contributed by atoms with Gasteiger partial charge >= 0.3 is 0 Å². The lowest BCUT2D eigenvalue weighted by Gasteiger charge is -2.01. The largest absolute Gasteiger partial charge is 0.309 e. The van der Waals surface area contributed by atoms with Crippen LogP contribution in [-0.2, 0) is 11.2 Å². The first-order valence-corrected chi connectivity index (χ1v) is 7.40. The zero-order chi connectivity index (χ0) is 13.7. The molecule has 4 nitrogen and oxygen atoms in total. The fourth-order valence-corrected chi connectivity index (χ4v) is 2.53. The molecule has 0 radical (unpaired) electrons. The smallest absolute Gasteiger partial charge is 0.225 e. The summed E-state index contributed by atoms with van der Waals surface area (Å²) in [6, 6.07) is 6.03. The number of H-pyrrole nitrogens is 1. The number of nitrogens with one attached hydrogen (secondary N) is 2. The fraction of sp³-hybridized carbons (Fsp3) is 0.429. The molecule has 5 heteroatoms. The second kappa shape index (κ2) is 6.52. The van der Waals surface area contributed by atoms with Gasteiger partial charge in [-0.05, 0) is 30.2 Å². The van der Waals surface area contributed by atoms with E-state index in [1.165, 1.54) is 4.88 Å². The minimum absolute atomic E-state index is 0.0263. The van der Waals surface area contributed by atoms with E-state index in [-0.39, 0.29) is 5.91 Å². The molecular formula is C14H19N3OS. The predicted octanol–water partition coefficient (Wildman–Crippen LogP) is 3.56. The Labute approximate surface area is 117 Å². The van der Waals surface area contributed by atoms with E-state index in [9.17, 15) is 4.79 Å². The van der Waals surface area contributed by atoms with Crippen LogP contribution in [0.1, 0.15) is 43.2 Å². The van der Waals surface area contributed by atoms with Crippen molar-refractivity contribution in [1.82, 2.24) is 10.2 Å². The molecule has 102 valence electrons. The predicted molar refractivity (Wildman–Crippen MR) is 78.6 cm³/mol. The molecule has 2 aromatic rings. The summed E-state index contributed by atoms with van der Waals surface area (Å²) >= 11 is 1.74. The molecule has 0 spiro atoms. The second-order valence-electron chi connectivity index (χ2n) is 4.84. The van der Waals surface area contributed by atoms with Gasteiger partial charge in [-0.15, -0.1) is 11.3 Å². The van der Waals surface area contributed by atoms with Crippen LogP contribution in [0.5, 0.6) is 0 Å². The highest BCUT2D eigenvalue weighted by atomic mass is 32.1. The minimum Gasteiger partial charge on any atom is -0.309 e. The van der Waals surface area contributed by atoms with Gasteiger partial charge < -0.3 is 5.32 Å². The molecule has 0 saturated heterocycles. The number of thiophene rings is 1. The zero-order valence-electron chi connectivity index (χ0n) is 11.3. The Morgan fingerprint density at radius 2 is 2.37 bits per heavy atom. The van der Waals surface area contributed by atoms with E-state index in [2.05, 4.69) is 40.8 Å². The fourth-order valence-electron chi connectivity index (χ4n) is 1.78. The summed E-state index contributed by atoms with van der Waals surface area (Å²) in [4.78, 5) is 13.1. The second-order valence-corrected chi connectivity index (χ2v) is 5.88. The van der Waals surface area contributed by atoms with Crippen molar-refractivity contribution < 1.29 is 4.79 Å². The molecule has 0 aromatic carbocycles. The molecule has 0 saturated carbocycles. The van der Waals surface area contributed by atoms with Crippen LogP contribution in [-0.4, -0.2) is 16.1 Å². The Bertz CT molecular complexity index is 517. The van der Waals surface area contributed by atoms with E-state index in [0.29, 0.717) is 18.2 Å². The van der Waals surface area contributed by atoms with Crippen LogP contribution in [0.2, 0.25) is 0 Å². The Kier molecular flexibility index (Phi) is 4.74. The number of carbonyl (C=O) groups excluding carboxylic acids is 1. The van der Waals surface area contributed by atoms with Crippen LogP contribution in [0.4, 0.5) is 5.82 Å². The lowest BCUT2D eigenvalue weighted by atomic mass is 10.1. The summed E-state index contributed by atoms with van der Waals surface area (Å²) in [5.41, 5.74) is 1.04. The molecule has 1 amide bonds. The average Bonchev–Trinajstić information content (AvgIpc) is 3.00. The SMILES string of the molecule is CC(C)c1cc(NC(=O)CCCc2cccs2)n[nH]1. The topological polar surface area (TPSA) is 57.8 Å². The van der Waals surface area contributed by atoms with Crippen LogP contribution in [0, 0.1) is 0 Å². The van der Waals surface area contributed by atoms with Gasteiger partial charge in [0, 0.05) is 23.1 Å². The molecule has 2 aromatic heterocycles. The summed E-state index contributed by atoms with van der Waals surface area (Å²) in [6.07, 6.45) is 2.36. The first kappa shape index (κ1) is 13.8. The zero-order valence-corrected chi connectivity index (χ0v) is 12.1. The first-order chi connectivity index (χ1) is 9.15. The van der Waals surface area contributed by atoms with Gasteiger partial charge in [-0.1, -0.05) is 19.9 Å². The number of aromatic nitrogens is 2. The third-order valence-corrected chi connectivity index (χ3v) is 3.83. The molecule has 0 atom stereocenters. The molecule has 0 unspecified atom stereocenters. The van der Waals surface area contributed by atoms with Gasteiger partial charge in [0.05, 0.1) is 0 Å². The van der Waals surface area contributed by atoms with Crippen molar-refractivity contribution in [3.63, 3.8) is 0 Å². The summed E-state index contributed by atoms with van der Waals surface area (Å²) in [7, 11) is 0. The third-order valence-electron chi connectivity index (χ3n) is 2.89. The van der Waals surface area contributed by atoms with Crippen molar-refractivity contribution in [3.8, 4) is 0 Å². The van der Waals surface area contributed by atoms with Crippen LogP contribution >= 0.6 is 11.3 Å². The molecule has 0 bridgehead atoms. The highest BCUT2D eigenvalue weighted by Gasteiger charge is 2.08. The molecule has 2 N–H and O–H groups in total. The number of carbonyl (C=O) groups is 1. The van der Waals surface area contributed by atoms with Gasteiger partial charge in [0.15, 0.2) is 5.82 Å². The van der Waals surface area contributed by atoms with Crippen molar-refractivity contribution >= 4 is 23.1 Å². The van der Waals surface area contributed by atoms with E-state index in [4.69, 9.17) is 0 Å². The lowest BCUT2D eigenvalue weighted by Crippen LogP contribution is -2.11. The van der Waals surface area contributed by atoms with E-state index in [0.717, 1.165) is 18.5 Å². The average molecular weight is 277 g/mol. The number of aromatic amines is 1. The maximum absolute atomic E-state index is 11.8. The van der Waals surface area contributed by atoms with Crippen molar-refractivity contribution in [1.29, 1.82) is 0 Å². The van der Waals surface area contributed by atoms with Gasteiger partial charge in [0.1, 0.15) is 0 Å². The Morgan fingerprint density at radius 1 is 1.53 bits per heavy atom. The third kappa shape index (κ3) is 4.21. The van der Waals surface area contributed by atoms with Crippen molar-refractivity contribution in [2.45, 2.75) is 39.0 Å². The first-order valence-electron chi connectivity index (χ1n) is 6.52. The van der Waals surface area contributed by atoms with Gasteiger partial charge in [-0.2, -0.15) is 5.10 Å². The van der Waals surface area contributed by atoms with Crippen molar-refractivity contribution in [2.24, 2.45) is 0 Å². The maximum atomic E-state index is 11.8. The van der Waals surface area contributed by atoms with Crippen molar-refractivity contribution in [3.05, 3.63) is 34.2 Å². The molecule has 0 fully saturated rings. The number of nitrogens with zero attached hydrogens (tertiary/aromatic N) is 1. The Balaban J connectivity index is 1.74. The molecular weight excluding hydrogens is 258 g/mol. The number of rotatable bonds is 6. The normalized spacial score (nSPS) is 10.9. The van der Waals surface area contributed by atoms with E-state index in [1.807, 2.05) is 12.1 Å². The summed E-state index contributed by atoms with van der Waals surface area (Å²) < 4.78 is 0. The van der Waals surface area contributed by atoms with Crippen molar-refractivity contribution in [2.75, 3.05) is 5.32 Å². The molecule has 0 aliphatic heterocycles. The van der Waals surface area contributed by atoms with E-state index in [1.54, 1.807) is 11.3 Å². The number of anilines is 1. The van der Waals surface area contributed by atoms with Gasteiger partial charge in [0.2, 0.25) is 5.91 Å². The summed E-state index contributed by atoms with van der Waals surface area (Å²) in [5.74, 6) is 1.03. The molecule has 0 aliphatic rings. The van der Waals surface area contributed by atoms with Crippen LogP contribution in [0.25, 0.3) is 0 Å². The number of amides is 1. The van der Waals surface area contributed by atoms with Gasteiger partial charge in [-0.3, -0.25) is 9.89 Å². The summed E-state index contributed by atoms with van der Waals surface area (Å²) in [6.45, 7) is 4.17. The number of hydrogen-bond acceptors (Lipinski definition) is 3. The lowest BCUT2D eigenvalue weighted by molar-refractivity contribution is -0.116. The molecule has 2 rings (SSSR count). The highest BCUT2D eigenvalue weighted by molar-refractivity contribution is 7.09. The monoisotopic (exact) mass is 277 g/mol. The quantitative estimate of drug-likeness (QED) is 0.848. The number of aryl methyl sites for hydroxylation is 1. The van der Waals surface area contributed by atoms with Gasteiger partial charge in [-0.25, -0.2) is 0 Å².